The van der Waals surface area contributed by atoms with Crippen molar-refractivity contribution in [3.63, 3.8) is 0 Å². The van der Waals surface area contributed by atoms with Crippen molar-refractivity contribution in [1.82, 2.24) is 4.98 Å². The van der Waals surface area contributed by atoms with Crippen LogP contribution in [0.1, 0.15) is 11.9 Å². The van der Waals surface area contributed by atoms with E-state index >= 15 is 0 Å². The van der Waals surface area contributed by atoms with E-state index in [2.05, 4.69) is 16.4 Å². The number of hydrogen-bond acceptors (Lipinski definition) is 6. The van der Waals surface area contributed by atoms with E-state index in [1.165, 1.54) is 11.3 Å². The molecule has 1 N–H and O–H groups in total. The van der Waals surface area contributed by atoms with Crippen molar-refractivity contribution in [2.75, 3.05) is 19.0 Å². The van der Waals surface area contributed by atoms with Crippen LogP contribution in [0.25, 0.3) is 16.8 Å². The summed E-state index contributed by atoms with van der Waals surface area (Å²) in [5, 5.41) is 15.2. The number of benzene rings is 2. The van der Waals surface area contributed by atoms with Crippen molar-refractivity contribution < 1.29 is 9.47 Å². The fourth-order valence-electron chi connectivity index (χ4n) is 2.47. The number of ether oxygens (including phenoxy) is 2. The molecule has 1 aromatic heterocycles. The SMILES string of the molecule is CCOc1ccc(-c2csc(C(C#N)=CNc3ccccc3OC)n2)cc1. The summed E-state index contributed by atoms with van der Waals surface area (Å²) in [5.74, 6) is 1.54. The maximum absolute atomic E-state index is 9.52. The molecular formula is C21H19N3O2S. The van der Waals surface area contributed by atoms with Gasteiger partial charge in [-0.15, -0.1) is 11.3 Å². The fraction of sp³-hybridized carbons (Fsp3) is 0.143. The predicted molar refractivity (Wildman–Crippen MR) is 109 cm³/mol. The molecule has 1 heterocycles. The molecule has 0 saturated carbocycles. The van der Waals surface area contributed by atoms with Crippen LogP contribution in [-0.4, -0.2) is 18.7 Å². The third-order valence-electron chi connectivity index (χ3n) is 3.80. The van der Waals surface area contributed by atoms with Gasteiger partial charge in [0.15, 0.2) is 0 Å². The maximum atomic E-state index is 9.52. The largest absolute Gasteiger partial charge is 0.495 e. The first-order valence-electron chi connectivity index (χ1n) is 8.44. The van der Waals surface area contributed by atoms with Crippen LogP contribution in [0.15, 0.2) is 60.1 Å². The predicted octanol–water partition coefficient (Wildman–Crippen LogP) is 5.19. The average molecular weight is 377 g/mol. The second-order valence-corrected chi connectivity index (χ2v) is 6.37. The second kappa shape index (κ2) is 8.88. The summed E-state index contributed by atoms with van der Waals surface area (Å²) in [6.45, 7) is 2.59. The summed E-state index contributed by atoms with van der Waals surface area (Å²) in [7, 11) is 1.61. The topological polar surface area (TPSA) is 67.2 Å². The molecule has 0 amide bonds. The summed E-state index contributed by atoms with van der Waals surface area (Å²) in [6, 6.07) is 17.5. The van der Waals surface area contributed by atoms with Gasteiger partial charge < -0.3 is 14.8 Å². The molecule has 2 aromatic carbocycles. The van der Waals surface area contributed by atoms with Gasteiger partial charge >= 0.3 is 0 Å². The molecule has 0 saturated heterocycles. The zero-order valence-corrected chi connectivity index (χ0v) is 15.9. The standard InChI is InChI=1S/C21H19N3O2S/c1-3-26-17-10-8-15(9-11-17)19-14-27-21(24-19)16(12-22)13-23-18-6-4-5-7-20(18)25-2/h4-11,13-14,23H,3H2,1-2H3. The molecular weight excluding hydrogens is 358 g/mol. The minimum Gasteiger partial charge on any atom is -0.495 e. The highest BCUT2D eigenvalue weighted by atomic mass is 32.1. The number of aromatic nitrogens is 1. The van der Waals surface area contributed by atoms with Crippen molar-refractivity contribution in [1.29, 1.82) is 5.26 Å². The Hall–Kier alpha value is -3.30. The van der Waals surface area contributed by atoms with Gasteiger partial charge in [0.2, 0.25) is 0 Å². The zero-order chi connectivity index (χ0) is 19.1. The van der Waals surface area contributed by atoms with Gasteiger partial charge in [-0.2, -0.15) is 5.26 Å². The lowest BCUT2D eigenvalue weighted by atomic mass is 10.2. The highest BCUT2D eigenvalue weighted by Crippen LogP contribution is 2.28. The Morgan fingerprint density at radius 2 is 2.00 bits per heavy atom. The van der Waals surface area contributed by atoms with Crippen LogP contribution < -0.4 is 14.8 Å². The van der Waals surface area contributed by atoms with Crippen LogP contribution in [-0.2, 0) is 0 Å². The van der Waals surface area contributed by atoms with Gasteiger partial charge in [-0.25, -0.2) is 4.98 Å². The molecule has 0 bridgehead atoms. The van der Waals surface area contributed by atoms with Crippen LogP contribution in [0.3, 0.4) is 0 Å². The number of thiazole rings is 1. The third-order valence-corrected chi connectivity index (χ3v) is 4.67. The number of allylic oxidation sites excluding steroid dienone is 1. The number of hydrogen-bond donors (Lipinski definition) is 1. The van der Waals surface area contributed by atoms with E-state index in [1.54, 1.807) is 13.3 Å². The molecule has 0 radical (unpaired) electrons. The molecule has 5 nitrogen and oxygen atoms in total. The van der Waals surface area contributed by atoms with Crippen LogP contribution in [0.4, 0.5) is 5.69 Å². The molecule has 3 aromatic rings. The van der Waals surface area contributed by atoms with E-state index < -0.39 is 0 Å². The summed E-state index contributed by atoms with van der Waals surface area (Å²) in [4.78, 5) is 4.60. The van der Waals surface area contributed by atoms with Crippen LogP contribution in [0.2, 0.25) is 0 Å². The molecule has 27 heavy (non-hydrogen) atoms. The Morgan fingerprint density at radius 1 is 1.22 bits per heavy atom. The number of nitrogens with zero attached hydrogens (tertiary/aromatic N) is 2. The van der Waals surface area contributed by atoms with E-state index in [9.17, 15) is 5.26 Å². The van der Waals surface area contributed by atoms with Gasteiger partial charge in [0.1, 0.15) is 28.1 Å². The van der Waals surface area contributed by atoms with Crippen molar-refractivity contribution in [2.45, 2.75) is 6.92 Å². The van der Waals surface area contributed by atoms with Gasteiger partial charge in [-0.05, 0) is 43.3 Å². The van der Waals surface area contributed by atoms with Gasteiger partial charge in [0.05, 0.1) is 25.1 Å². The lowest BCUT2D eigenvalue weighted by Gasteiger charge is -2.07. The van der Waals surface area contributed by atoms with Crippen molar-refractivity contribution in [3.8, 4) is 28.8 Å². The van der Waals surface area contributed by atoms with Crippen LogP contribution in [0, 0.1) is 11.3 Å². The highest BCUT2D eigenvalue weighted by molar-refractivity contribution is 7.11. The number of rotatable bonds is 7. The smallest absolute Gasteiger partial charge is 0.142 e. The molecule has 0 spiro atoms. The van der Waals surface area contributed by atoms with Crippen molar-refractivity contribution in [3.05, 3.63) is 65.1 Å². The maximum Gasteiger partial charge on any atom is 0.142 e. The number of nitriles is 1. The van der Waals surface area contributed by atoms with Gasteiger partial charge in [0, 0.05) is 17.1 Å². The summed E-state index contributed by atoms with van der Waals surface area (Å²) in [6.07, 6.45) is 1.65. The number of methoxy groups -OCH3 is 1. The Kier molecular flexibility index (Phi) is 6.08. The van der Waals surface area contributed by atoms with E-state index in [4.69, 9.17) is 9.47 Å². The number of anilines is 1. The zero-order valence-electron chi connectivity index (χ0n) is 15.1. The van der Waals surface area contributed by atoms with E-state index in [0.29, 0.717) is 22.9 Å². The number of para-hydroxylation sites is 2. The van der Waals surface area contributed by atoms with Crippen molar-refractivity contribution >= 4 is 22.6 Å². The molecule has 0 fully saturated rings. The quantitative estimate of drug-likeness (QED) is 0.574. The summed E-state index contributed by atoms with van der Waals surface area (Å²) < 4.78 is 10.8. The molecule has 0 aliphatic heterocycles. The number of nitrogens with one attached hydrogen (secondary N) is 1. The van der Waals surface area contributed by atoms with Gasteiger partial charge in [-0.1, -0.05) is 12.1 Å². The van der Waals surface area contributed by atoms with Crippen LogP contribution >= 0.6 is 11.3 Å². The third kappa shape index (κ3) is 4.46. The van der Waals surface area contributed by atoms with E-state index in [0.717, 1.165) is 22.7 Å². The lowest BCUT2D eigenvalue weighted by molar-refractivity contribution is 0.340. The Morgan fingerprint density at radius 3 is 2.70 bits per heavy atom. The highest BCUT2D eigenvalue weighted by Gasteiger charge is 2.10. The molecule has 0 aliphatic rings. The molecule has 0 aliphatic carbocycles. The first-order valence-corrected chi connectivity index (χ1v) is 9.32. The fourth-order valence-corrected chi connectivity index (χ4v) is 3.27. The summed E-state index contributed by atoms with van der Waals surface area (Å²) in [5.41, 5.74) is 3.06. The Labute approximate surface area is 162 Å². The average Bonchev–Trinajstić information content (AvgIpc) is 3.19. The molecule has 3 rings (SSSR count). The molecule has 0 atom stereocenters. The monoisotopic (exact) mass is 377 g/mol. The minimum absolute atomic E-state index is 0.461. The molecule has 6 heteroatoms. The van der Waals surface area contributed by atoms with E-state index in [-0.39, 0.29) is 0 Å². The summed E-state index contributed by atoms with van der Waals surface area (Å²) >= 11 is 1.43. The van der Waals surface area contributed by atoms with Gasteiger partial charge in [0.25, 0.3) is 0 Å². The van der Waals surface area contributed by atoms with Gasteiger partial charge in [-0.3, -0.25) is 0 Å². The normalized spacial score (nSPS) is 10.9. The Balaban J connectivity index is 1.80. The Bertz CT molecular complexity index is 972. The van der Waals surface area contributed by atoms with Crippen molar-refractivity contribution in [2.24, 2.45) is 0 Å². The minimum atomic E-state index is 0.461. The first kappa shape index (κ1) is 18.5. The van der Waals surface area contributed by atoms with Crippen LogP contribution in [0.5, 0.6) is 11.5 Å². The molecule has 0 unspecified atom stereocenters. The van der Waals surface area contributed by atoms with E-state index in [1.807, 2.05) is 60.8 Å². The lowest BCUT2D eigenvalue weighted by Crippen LogP contribution is -1.94. The first-order chi connectivity index (χ1) is 13.2. The molecule has 136 valence electrons. The second-order valence-electron chi connectivity index (χ2n) is 5.51.